The third-order valence-corrected chi connectivity index (χ3v) is 3.14. The van der Waals surface area contributed by atoms with Crippen LogP contribution in [0, 0.1) is 17.0 Å². The lowest BCUT2D eigenvalue weighted by atomic mass is 10.2. The molecule has 2 heterocycles. The molecule has 0 saturated carbocycles. The third-order valence-electron chi connectivity index (χ3n) is 3.14. The van der Waals surface area contributed by atoms with E-state index in [0.29, 0.717) is 24.7 Å². The molecule has 1 aliphatic rings. The quantitative estimate of drug-likeness (QED) is 0.456. The van der Waals surface area contributed by atoms with Crippen LogP contribution in [0.15, 0.2) is 12.1 Å². The van der Waals surface area contributed by atoms with Crippen LogP contribution in [-0.4, -0.2) is 48.8 Å². The molecule has 0 bridgehead atoms. The Morgan fingerprint density at radius 3 is 2.95 bits per heavy atom. The topological polar surface area (TPSA) is 94.8 Å². The summed E-state index contributed by atoms with van der Waals surface area (Å²) in [6, 6.07) is 2.34. The summed E-state index contributed by atoms with van der Waals surface area (Å²) in [5, 5.41) is 10.8. The van der Waals surface area contributed by atoms with Gasteiger partial charge in [-0.3, -0.25) is 10.1 Å². The average molecular weight is 281 g/mol. The highest BCUT2D eigenvalue weighted by Crippen LogP contribution is 2.23. The fraction of sp³-hybridized carbons (Fsp3) is 0.500. The lowest BCUT2D eigenvalue weighted by Crippen LogP contribution is -2.51. The molecular formula is C12H15N3O5. The summed E-state index contributed by atoms with van der Waals surface area (Å²) >= 11 is 0. The lowest BCUT2D eigenvalue weighted by molar-refractivity contribution is -0.385. The van der Waals surface area contributed by atoms with Crippen LogP contribution in [0.5, 0.6) is 0 Å². The number of nitro groups is 1. The number of pyridine rings is 1. The number of aromatic nitrogens is 1. The molecule has 2 rings (SSSR count). The zero-order valence-electron chi connectivity index (χ0n) is 11.2. The number of hydrogen-bond donors (Lipinski definition) is 0. The summed E-state index contributed by atoms with van der Waals surface area (Å²) in [4.78, 5) is 28.0. The minimum atomic E-state index is -0.581. The third kappa shape index (κ3) is 2.69. The zero-order valence-corrected chi connectivity index (χ0v) is 11.2. The average Bonchev–Trinajstić information content (AvgIpc) is 2.46. The van der Waals surface area contributed by atoms with Gasteiger partial charge in [0, 0.05) is 12.6 Å². The van der Waals surface area contributed by atoms with Crippen LogP contribution in [-0.2, 0) is 14.3 Å². The maximum absolute atomic E-state index is 11.7. The number of nitrogens with zero attached hydrogens (tertiary/aromatic N) is 3. The summed E-state index contributed by atoms with van der Waals surface area (Å²) in [5.74, 6) is 0.0919. The van der Waals surface area contributed by atoms with Gasteiger partial charge >= 0.3 is 5.97 Å². The molecule has 8 nitrogen and oxygen atoms in total. The number of hydrogen-bond acceptors (Lipinski definition) is 7. The van der Waals surface area contributed by atoms with Gasteiger partial charge in [-0.15, -0.1) is 0 Å². The number of aryl methyl sites for hydroxylation is 1. The molecule has 0 N–H and O–H groups in total. The highest BCUT2D eigenvalue weighted by atomic mass is 16.6. The molecule has 0 spiro atoms. The van der Waals surface area contributed by atoms with Crippen LogP contribution in [0.1, 0.15) is 5.69 Å². The molecule has 1 saturated heterocycles. The molecule has 0 aromatic carbocycles. The van der Waals surface area contributed by atoms with Crippen LogP contribution in [0.3, 0.4) is 0 Å². The van der Waals surface area contributed by atoms with E-state index in [1.807, 2.05) is 0 Å². The maximum Gasteiger partial charge on any atom is 0.330 e. The van der Waals surface area contributed by atoms with Gasteiger partial charge in [0.1, 0.15) is 11.5 Å². The molecule has 1 aromatic rings. The van der Waals surface area contributed by atoms with Gasteiger partial charge in [0.25, 0.3) is 5.69 Å². The van der Waals surface area contributed by atoms with E-state index in [1.54, 1.807) is 11.8 Å². The first-order valence-corrected chi connectivity index (χ1v) is 6.09. The summed E-state index contributed by atoms with van der Waals surface area (Å²) in [6.45, 7) is 2.72. The van der Waals surface area contributed by atoms with Crippen molar-refractivity contribution >= 4 is 17.5 Å². The number of carbonyl (C=O) groups excluding carboxylic acids is 1. The summed E-state index contributed by atoms with van der Waals surface area (Å²) in [5.41, 5.74) is 0.263. The number of carbonyl (C=O) groups is 1. The maximum atomic E-state index is 11.7. The van der Waals surface area contributed by atoms with E-state index in [-0.39, 0.29) is 12.3 Å². The van der Waals surface area contributed by atoms with Gasteiger partial charge in [0.05, 0.1) is 25.2 Å². The molecule has 0 radical (unpaired) electrons. The number of ether oxygens (including phenoxy) is 2. The van der Waals surface area contributed by atoms with E-state index in [0.717, 1.165) is 0 Å². The first-order chi connectivity index (χ1) is 9.54. The van der Waals surface area contributed by atoms with Gasteiger partial charge in [0.2, 0.25) is 0 Å². The van der Waals surface area contributed by atoms with E-state index in [1.165, 1.54) is 19.2 Å². The molecule has 1 aliphatic heterocycles. The molecule has 0 amide bonds. The monoisotopic (exact) mass is 281 g/mol. The molecule has 108 valence electrons. The van der Waals surface area contributed by atoms with Crippen molar-refractivity contribution in [3.8, 4) is 0 Å². The van der Waals surface area contributed by atoms with Gasteiger partial charge in [-0.25, -0.2) is 9.78 Å². The molecule has 1 aromatic heterocycles. The number of esters is 1. The van der Waals surface area contributed by atoms with Crippen LogP contribution in [0.2, 0.25) is 0 Å². The Morgan fingerprint density at radius 2 is 2.35 bits per heavy atom. The molecular weight excluding hydrogens is 266 g/mol. The minimum Gasteiger partial charge on any atom is -0.467 e. The van der Waals surface area contributed by atoms with E-state index >= 15 is 0 Å². The molecule has 1 unspecified atom stereocenters. The van der Waals surface area contributed by atoms with Crippen molar-refractivity contribution in [3.63, 3.8) is 0 Å². The fourth-order valence-electron chi connectivity index (χ4n) is 2.10. The SMILES string of the molecule is COC(=O)C1COCCN1c1ccc([N+](=O)[O-])c(C)n1. The van der Waals surface area contributed by atoms with Crippen molar-refractivity contribution < 1.29 is 19.2 Å². The van der Waals surface area contributed by atoms with Crippen molar-refractivity contribution in [1.29, 1.82) is 0 Å². The van der Waals surface area contributed by atoms with Crippen LogP contribution < -0.4 is 4.90 Å². The molecule has 8 heteroatoms. The van der Waals surface area contributed by atoms with Crippen LogP contribution in [0.25, 0.3) is 0 Å². The normalized spacial score (nSPS) is 18.7. The largest absolute Gasteiger partial charge is 0.467 e. The van der Waals surface area contributed by atoms with Crippen molar-refractivity contribution in [2.24, 2.45) is 0 Å². The second-order valence-corrected chi connectivity index (χ2v) is 4.34. The van der Waals surface area contributed by atoms with E-state index < -0.39 is 16.9 Å². The number of anilines is 1. The molecule has 1 fully saturated rings. The van der Waals surface area contributed by atoms with E-state index in [4.69, 9.17) is 9.47 Å². The lowest BCUT2D eigenvalue weighted by Gasteiger charge is -2.34. The minimum absolute atomic E-state index is 0.0448. The van der Waals surface area contributed by atoms with Gasteiger partial charge in [0.15, 0.2) is 6.04 Å². The second-order valence-electron chi connectivity index (χ2n) is 4.34. The van der Waals surface area contributed by atoms with Crippen molar-refractivity contribution in [3.05, 3.63) is 27.9 Å². The number of methoxy groups -OCH3 is 1. The molecule has 1 atom stereocenters. The predicted molar refractivity (Wildman–Crippen MR) is 69.6 cm³/mol. The zero-order chi connectivity index (χ0) is 14.7. The highest BCUT2D eigenvalue weighted by Gasteiger charge is 2.31. The van der Waals surface area contributed by atoms with Crippen molar-refractivity contribution in [2.75, 3.05) is 31.8 Å². The van der Waals surface area contributed by atoms with Gasteiger partial charge < -0.3 is 14.4 Å². The highest BCUT2D eigenvalue weighted by molar-refractivity contribution is 5.80. The van der Waals surface area contributed by atoms with Crippen LogP contribution >= 0.6 is 0 Å². The Balaban J connectivity index is 2.31. The number of rotatable bonds is 3. The molecule has 20 heavy (non-hydrogen) atoms. The van der Waals surface area contributed by atoms with Gasteiger partial charge in [-0.05, 0) is 13.0 Å². The van der Waals surface area contributed by atoms with Crippen molar-refractivity contribution in [1.82, 2.24) is 4.98 Å². The first-order valence-electron chi connectivity index (χ1n) is 6.09. The Kier molecular flexibility index (Phi) is 4.14. The Morgan fingerprint density at radius 1 is 1.60 bits per heavy atom. The van der Waals surface area contributed by atoms with Crippen LogP contribution in [0.4, 0.5) is 11.5 Å². The van der Waals surface area contributed by atoms with Crippen molar-refractivity contribution in [2.45, 2.75) is 13.0 Å². The Bertz CT molecular complexity index is 534. The predicted octanol–water partition coefficient (Wildman–Crippen LogP) is 0.676. The second kappa shape index (κ2) is 5.83. The smallest absolute Gasteiger partial charge is 0.330 e. The number of morpholine rings is 1. The van der Waals surface area contributed by atoms with Gasteiger partial charge in [-0.2, -0.15) is 0 Å². The summed E-state index contributed by atoms with van der Waals surface area (Å²) in [7, 11) is 1.31. The molecule has 0 aliphatic carbocycles. The summed E-state index contributed by atoms with van der Waals surface area (Å²) < 4.78 is 10.0. The summed E-state index contributed by atoms with van der Waals surface area (Å²) in [6.07, 6.45) is 0. The Hall–Kier alpha value is -2.22. The first kappa shape index (κ1) is 14.2. The van der Waals surface area contributed by atoms with Gasteiger partial charge in [-0.1, -0.05) is 0 Å². The van der Waals surface area contributed by atoms with E-state index in [9.17, 15) is 14.9 Å². The van der Waals surface area contributed by atoms with E-state index in [2.05, 4.69) is 4.98 Å². The fourth-order valence-corrected chi connectivity index (χ4v) is 2.10. The Labute approximate surface area is 115 Å². The standard InChI is InChI=1S/C12H15N3O5/c1-8-9(15(17)18)3-4-11(13-8)14-5-6-20-7-10(14)12(16)19-2/h3-4,10H,5-7H2,1-2H3.